The average molecular weight is 540 g/mol. The second kappa shape index (κ2) is 9.46. The topological polar surface area (TPSA) is 116 Å². The molecule has 35 heavy (non-hydrogen) atoms. The van der Waals surface area contributed by atoms with E-state index in [0.29, 0.717) is 17.7 Å². The molecule has 1 aliphatic heterocycles. The van der Waals surface area contributed by atoms with Gasteiger partial charge in [0.25, 0.3) is 11.4 Å². The van der Waals surface area contributed by atoms with Gasteiger partial charge in [-0.25, -0.2) is 0 Å². The van der Waals surface area contributed by atoms with E-state index in [2.05, 4.69) is 15.9 Å². The molecular weight excluding hydrogens is 518 g/mol. The van der Waals surface area contributed by atoms with Crippen molar-refractivity contribution in [2.45, 2.75) is 25.7 Å². The molecule has 10 heteroatoms. The number of aryl methyl sites for hydroxylation is 2. The van der Waals surface area contributed by atoms with Crippen molar-refractivity contribution in [3.63, 3.8) is 0 Å². The van der Waals surface area contributed by atoms with Crippen molar-refractivity contribution < 1.29 is 19.4 Å². The van der Waals surface area contributed by atoms with Crippen molar-refractivity contribution in [1.29, 1.82) is 0 Å². The molecular formula is C25H22BrN3O6. The van der Waals surface area contributed by atoms with E-state index in [9.17, 15) is 25.0 Å². The van der Waals surface area contributed by atoms with Gasteiger partial charge < -0.3 is 9.64 Å². The maximum Gasteiger partial charge on any atom is 0.313 e. The lowest BCUT2D eigenvalue weighted by Crippen LogP contribution is -2.26. The van der Waals surface area contributed by atoms with Gasteiger partial charge in [-0.15, -0.1) is 0 Å². The van der Waals surface area contributed by atoms with E-state index in [1.807, 2.05) is 30.0 Å². The summed E-state index contributed by atoms with van der Waals surface area (Å²) in [4.78, 5) is 36.7. The van der Waals surface area contributed by atoms with Gasteiger partial charge in [0, 0.05) is 52.6 Å². The largest absolute Gasteiger partial charge is 0.469 e. The Bertz CT molecular complexity index is 1360. The Balaban J connectivity index is 1.84. The Morgan fingerprint density at radius 1 is 0.971 bits per heavy atom. The van der Waals surface area contributed by atoms with Gasteiger partial charge in [0.2, 0.25) is 0 Å². The summed E-state index contributed by atoms with van der Waals surface area (Å²) in [6, 6.07) is 15.0. The second-order valence-electron chi connectivity index (χ2n) is 8.45. The Morgan fingerprint density at radius 2 is 1.57 bits per heavy atom. The first kappa shape index (κ1) is 24.3. The molecule has 0 radical (unpaired) electrons. The number of methoxy groups -OCH3 is 1. The molecule has 3 aromatic rings. The first-order valence-electron chi connectivity index (χ1n) is 10.8. The maximum absolute atomic E-state index is 13.1. The molecule has 180 valence electrons. The molecule has 0 saturated carbocycles. The second-order valence-corrected chi connectivity index (χ2v) is 9.36. The van der Waals surface area contributed by atoms with Crippen LogP contribution in [0.5, 0.6) is 0 Å². The number of carbonyl (C=O) groups is 1. The molecule has 0 saturated heterocycles. The molecule has 1 heterocycles. The van der Waals surface area contributed by atoms with Crippen molar-refractivity contribution in [2.24, 2.45) is 0 Å². The van der Waals surface area contributed by atoms with E-state index in [4.69, 9.17) is 4.74 Å². The average Bonchev–Trinajstić information content (AvgIpc) is 3.17. The van der Waals surface area contributed by atoms with Crippen molar-refractivity contribution in [3.05, 3.63) is 102 Å². The number of nitro benzene ring substituents is 2. The van der Waals surface area contributed by atoms with Crippen molar-refractivity contribution >= 4 is 44.6 Å². The number of fused-ring (bicyclic) bond motifs is 1. The number of nitro groups is 2. The van der Waals surface area contributed by atoms with Crippen LogP contribution in [0.2, 0.25) is 0 Å². The third-order valence-electron chi connectivity index (χ3n) is 6.40. The molecule has 0 aromatic heterocycles. The Hall–Kier alpha value is -3.79. The molecule has 0 fully saturated rings. The fourth-order valence-corrected chi connectivity index (χ4v) is 5.17. The lowest BCUT2D eigenvalue weighted by atomic mass is 9.80. The summed E-state index contributed by atoms with van der Waals surface area (Å²) in [5.74, 6) is -1.48. The lowest BCUT2D eigenvalue weighted by molar-refractivity contribution is -0.385. The minimum atomic E-state index is -0.711. The fraction of sp³-hybridized carbons (Fsp3) is 0.240. The van der Waals surface area contributed by atoms with Crippen LogP contribution in [0.15, 0.2) is 59.1 Å². The predicted molar refractivity (Wildman–Crippen MR) is 134 cm³/mol. The molecule has 3 aromatic carbocycles. The highest BCUT2D eigenvalue weighted by Gasteiger charge is 2.41. The summed E-state index contributed by atoms with van der Waals surface area (Å²) in [5, 5.41) is 22.5. The van der Waals surface area contributed by atoms with Crippen LogP contribution >= 0.6 is 15.9 Å². The molecule has 0 amide bonds. The first-order chi connectivity index (χ1) is 16.6. The van der Waals surface area contributed by atoms with E-state index in [1.165, 1.54) is 31.4 Å². The van der Waals surface area contributed by atoms with E-state index in [-0.39, 0.29) is 17.3 Å². The van der Waals surface area contributed by atoms with Gasteiger partial charge in [-0.2, -0.15) is 0 Å². The zero-order valence-electron chi connectivity index (χ0n) is 19.2. The van der Waals surface area contributed by atoms with Crippen LogP contribution in [0.4, 0.5) is 22.7 Å². The number of carbonyl (C=O) groups excluding carboxylic acids is 1. The van der Waals surface area contributed by atoms with Gasteiger partial charge in [0.05, 0.1) is 22.9 Å². The molecule has 0 bridgehead atoms. The number of rotatable bonds is 6. The molecule has 2 unspecified atom stereocenters. The minimum absolute atomic E-state index is 0.00645. The van der Waals surface area contributed by atoms with Crippen LogP contribution < -0.4 is 4.90 Å². The molecule has 9 nitrogen and oxygen atoms in total. The van der Waals surface area contributed by atoms with Gasteiger partial charge in [-0.1, -0.05) is 22.0 Å². The third-order valence-corrected chi connectivity index (χ3v) is 6.89. The van der Waals surface area contributed by atoms with E-state index < -0.39 is 21.7 Å². The SMILES string of the molecule is COC(=O)C(c1ccc([N+](=O)[O-])cc1C)C1CN(c2ccc([N+](=O)[O-])cc2C)c2ccc(Br)cc21. The van der Waals surface area contributed by atoms with E-state index >= 15 is 0 Å². The van der Waals surface area contributed by atoms with Crippen LogP contribution in [0, 0.1) is 34.1 Å². The maximum atomic E-state index is 13.1. The number of benzene rings is 3. The highest BCUT2D eigenvalue weighted by atomic mass is 79.9. The van der Waals surface area contributed by atoms with E-state index in [0.717, 1.165) is 27.0 Å². The van der Waals surface area contributed by atoms with Gasteiger partial charge >= 0.3 is 5.97 Å². The van der Waals surface area contributed by atoms with Crippen LogP contribution in [0.3, 0.4) is 0 Å². The van der Waals surface area contributed by atoms with Gasteiger partial charge in [0.1, 0.15) is 0 Å². The Kier molecular flexibility index (Phi) is 6.58. The number of nitrogens with zero attached hydrogens (tertiary/aromatic N) is 3. The van der Waals surface area contributed by atoms with Crippen molar-refractivity contribution in [2.75, 3.05) is 18.6 Å². The molecule has 4 rings (SSSR count). The Labute approximate surface area is 209 Å². The number of hydrogen-bond donors (Lipinski definition) is 0. The zero-order chi connectivity index (χ0) is 25.4. The molecule has 0 N–H and O–H groups in total. The summed E-state index contributed by atoms with van der Waals surface area (Å²) in [6.45, 7) is 3.97. The summed E-state index contributed by atoms with van der Waals surface area (Å²) < 4.78 is 6.03. The smallest absolute Gasteiger partial charge is 0.313 e. The fourth-order valence-electron chi connectivity index (χ4n) is 4.79. The summed E-state index contributed by atoms with van der Waals surface area (Å²) >= 11 is 3.52. The van der Waals surface area contributed by atoms with Crippen molar-refractivity contribution in [1.82, 2.24) is 0 Å². The van der Waals surface area contributed by atoms with Gasteiger partial charge in [-0.3, -0.25) is 25.0 Å². The minimum Gasteiger partial charge on any atom is -0.469 e. The van der Waals surface area contributed by atoms with Gasteiger partial charge in [0.15, 0.2) is 0 Å². The van der Waals surface area contributed by atoms with Crippen LogP contribution in [-0.4, -0.2) is 29.5 Å². The molecule has 1 aliphatic rings. The molecule has 2 atom stereocenters. The predicted octanol–water partition coefficient (Wildman–Crippen LogP) is 6.07. The standard InChI is InChI=1S/C25H22BrN3O6/c1-14-10-17(28(31)32)5-7-19(14)24(25(30)35-3)21-13-27(23-8-4-16(26)12-20(21)23)22-9-6-18(29(33)34)11-15(22)2/h4-12,21,24H,13H2,1-3H3. The highest BCUT2D eigenvalue weighted by molar-refractivity contribution is 9.10. The van der Waals surface area contributed by atoms with Crippen molar-refractivity contribution in [3.8, 4) is 0 Å². The molecule has 0 aliphatic carbocycles. The van der Waals surface area contributed by atoms with Crippen LogP contribution in [0.1, 0.15) is 34.1 Å². The number of anilines is 2. The number of non-ortho nitro benzene ring substituents is 2. The Morgan fingerprint density at radius 3 is 2.14 bits per heavy atom. The van der Waals surface area contributed by atoms with E-state index in [1.54, 1.807) is 19.1 Å². The number of esters is 1. The normalized spacial score (nSPS) is 15.4. The zero-order valence-corrected chi connectivity index (χ0v) is 20.8. The number of hydrogen-bond acceptors (Lipinski definition) is 7. The monoisotopic (exact) mass is 539 g/mol. The van der Waals surface area contributed by atoms with Gasteiger partial charge in [-0.05, 0) is 60.4 Å². The number of halogens is 1. The quantitative estimate of drug-likeness (QED) is 0.212. The van der Waals surface area contributed by atoms with Crippen LogP contribution in [-0.2, 0) is 9.53 Å². The summed E-state index contributed by atoms with van der Waals surface area (Å²) in [7, 11) is 1.32. The van der Waals surface area contributed by atoms with Crippen LogP contribution in [0.25, 0.3) is 0 Å². The first-order valence-corrected chi connectivity index (χ1v) is 11.6. The summed E-state index contributed by atoms with van der Waals surface area (Å²) in [5.41, 5.74) is 4.55. The lowest BCUT2D eigenvalue weighted by Gasteiger charge is -2.25. The molecule has 0 spiro atoms. The summed E-state index contributed by atoms with van der Waals surface area (Å²) in [6.07, 6.45) is 0. The number of ether oxygens (including phenoxy) is 1. The third kappa shape index (κ3) is 4.49. The highest BCUT2D eigenvalue weighted by Crippen LogP contribution is 2.49.